The normalized spacial score (nSPS) is 0.833. The second-order valence-electron chi connectivity index (χ2n) is 0. The molecule has 0 aromatic carbocycles. The Morgan fingerprint density at radius 3 is 0.417 bits per heavy atom. The molecule has 0 aromatic heterocycles. The minimum atomic E-state index is 0. The van der Waals surface area contributed by atoms with Gasteiger partial charge in [0.25, 0.3) is 0 Å². The van der Waals surface area contributed by atoms with E-state index in [9.17, 15) is 0 Å². The fraction of sp³-hybridized carbons (Fsp3) is 0. The first-order valence-corrected chi connectivity index (χ1v) is 1.12. The van der Waals surface area contributed by atoms with Crippen LogP contribution in [0.5, 0.6) is 0 Å². The van der Waals surface area contributed by atoms with E-state index in [1.165, 1.54) is 0 Å². The molecule has 0 aromatic rings. The van der Waals surface area contributed by atoms with Gasteiger partial charge in [0.2, 0.25) is 0 Å². The summed E-state index contributed by atoms with van der Waals surface area (Å²) in [6.45, 7) is 23.8. The Balaban J connectivity index is -0.00000000500. The first-order valence-electron chi connectivity index (χ1n) is 1.12. The molecule has 0 rings (SSSR count). The van der Waals surface area contributed by atoms with Gasteiger partial charge in [0.05, 0.1) is 0 Å². The predicted molar refractivity (Wildman–Crippen MR) is 24.8 cm³/mol. The molecule has 0 N–H and O–H groups in total. The Morgan fingerprint density at radius 2 is 0.417 bits per heavy atom. The van der Waals surface area contributed by atoms with Crippen LogP contribution in [0.4, 0.5) is 0 Å². The summed E-state index contributed by atoms with van der Waals surface area (Å²) < 4.78 is 0. The fourth-order valence-electron chi connectivity index (χ4n) is 0. The van der Waals surface area contributed by atoms with E-state index in [0.29, 0.717) is 0 Å². The quantitative estimate of drug-likeness (QED) is 0.354. The first kappa shape index (κ1) is 60.0. The van der Waals surface area contributed by atoms with Gasteiger partial charge in [0.1, 0.15) is 0 Å². The molecule has 12 heavy (non-hydrogen) atoms. The van der Waals surface area contributed by atoms with Gasteiger partial charge in [-0.25, -0.2) is 0 Å². The molecule has 7 heteroatoms. The largest absolute Gasteiger partial charge is 4.00 e. The Bertz CT molecular complexity index is 78.4. The van der Waals surface area contributed by atoms with Crippen molar-refractivity contribution in [2.45, 2.75) is 0 Å². The van der Waals surface area contributed by atoms with Gasteiger partial charge in [-0.3, -0.25) is 0 Å². The Hall–Kier alpha value is -0.225. The minimum absolute atomic E-state index is 0. The van der Waals surface area contributed by atoms with Crippen LogP contribution in [0.3, 0.4) is 0 Å². The molecule has 5 nitrogen and oxygen atoms in total. The van der Waals surface area contributed by atoms with E-state index in [2.05, 4.69) is 0 Å². The van der Waals surface area contributed by atoms with Crippen molar-refractivity contribution in [3.63, 3.8) is 0 Å². The maximum atomic E-state index is 6.25. The third-order valence-corrected chi connectivity index (χ3v) is 0. The van der Waals surface area contributed by atoms with E-state index >= 15 is 0 Å². The molecule has 0 aliphatic carbocycles. The van der Waals surface area contributed by atoms with Crippen molar-refractivity contribution in [2.24, 2.45) is 0 Å². The SMILES string of the molecule is [C-]#N.[C-]#N.[C-]#N.[C-]#N.[C-]#N.[K+].[Mo+4]. The van der Waals surface area contributed by atoms with Crippen LogP contribution in [0, 0.1) is 59.2 Å². The van der Waals surface area contributed by atoms with Crippen LogP contribution >= 0.6 is 0 Å². The monoisotopic (exact) mass is 267 g/mol. The summed E-state index contributed by atoms with van der Waals surface area (Å²) in [4.78, 5) is 0. The molecule has 0 fully saturated rings. The van der Waals surface area contributed by atoms with Crippen molar-refractivity contribution in [1.82, 2.24) is 0 Å². The van der Waals surface area contributed by atoms with Crippen LogP contribution in [0.1, 0.15) is 0 Å². The van der Waals surface area contributed by atoms with Crippen molar-refractivity contribution in [2.75, 3.05) is 0 Å². The van der Waals surface area contributed by atoms with Crippen LogP contribution in [0.25, 0.3) is 0 Å². The van der Waals surface area contributed by atoms with Crippen LogP contribution in [-0.4, -0.2) is 0 Å². The van der Waals surface area contributed by atoms with Gasteiger partial charge in [-0.2, -0.15) is 0 Å². The molecule has 0 aliphatic heterocycles. The predicted octanol–water partition coefficient (Wildman–Crippen LogP) is -2.52. The third kappa shape index (κ3) is 14800. The van der Waals surface area contributed by atoms with Crippen molar-refractivity contribution < 1.29 is 72.4 Å². The topological polar surface area (TPSA) is 119 Å². The van der Waals surface area contributed by atoms with E-state index in [1.54, 1.807) is 0 Å². The average Bonchev–Trinajstić information content (AvgIpc) is 2.20. The maximum Gasteiger partial charge on any atom is 4.00 e. The molecule has 0 aliphatic rings. The van der Waals surface area contributed by atoms with Gasteiger partial charge in [-0.05, 0) is 0 Å². The molecule has 0 atom stereocenters. The van der Waals surface area contributed by atoms with Gasteiger partial charge in [0.15, 0.2) is 0 Å². The zero-order chi connectivity index (χ0) is 10.0. The summed E-state index contributed by atoms with van der Waals surface area (Å²) in [5.41, 5.74) is 0. The van der Waals surface area contributed by atoms with Gasteiger partial charge in [0, 0.05) is 0 Å². The van der Waals surface area contributed by atoms with Crippen LogP contribution in [0.2, 0.25) is 0 Å². The molecule has 0 spiro atoms. The van der Waals surface area contributed by atoms with Gasteiger partial charge in [-0.1, -0.05) is 0 Å². The van der Waals surface area contributed by atoms with Crippen molar-refractivity contribution in [3.05, 3.63) is 32.9 Å². The van der Waals surface area contributed by atoms with E-state index in [0.717, 1.165) is 0 Å². The van der Waals surface area contributed by atoms with Gasteiger partial charge < -0.3 is 59.2 Å². The Labute approximate surface area is 129 Å². The molecule has 0 bridgehead atoms. The van der Waals surface area contributed by atoms with Crippen molar-refractivity contribution in [3.8, 4) is 0 Å². The molecule has 0 saturated carbocycles. The average molecular weight is 265 g/mol. The minimum Gasteiger partial charge on any atom is -0.512 e. The Kier molecular flexibility index (Phi) is 101000. The second kappa shape index (κ2) is 20300. The Morgan fingerprint density at radius 1 is 0.417 bits per heavy atom. The first-order chi connectivity index (χ1) is 5.00. The van der Waals surface area contributed by atoms with Gasteiger partial charge >= 0.3 is 72.4 Å². The van der Waals surface area contributed by atoms with E-state index in [1.807, 2.05) is 0 Å². The summed E-state index contributed by atoms with van der Waals surface area (Å²) in [5, 5.41) is 31.2. The van der Waals surface area contributed by atoms with Crippen LogP contribution in [-0.2, 0) is 21.1 Å². The molecule has 0 unspecified atom stereocenters. The van der Waals surface area contributed by atoms with Crippen molar-refractivity contribution in [1.29, 1.82) is 26.3 Å². The zero-order valence-corrected chi connectivity index (χ0v) is 11.3. The van der Waals surface area contributed by atoms with Gasteiger partial charge in [-0.15, -0.1) is 0 Å². The number of rotatable bonds is 0. The molecule has 0 saturated heterocycles. The van der Waals surface area contributed by atoms with E-state index < -0.39 is 0 Å². The summed E-state index contributed by atoms with van der Waals surface area (Å²) >= 11 is 0. The third-order valence-electron chi connectivity index (χ3n) is 0. The summed E-state index contributed by atoms with van der Waals surface area (Å²) in [7, 11) is 0. The summed E-state index contributed by atoms with van der Waals surface area (Å²) in [6, 6.07) is 0. The smallest absolute Gasteiger partial charge is 0.512 e. The molecule has 52 valence electrons. The fourth-order valence-corrected chi connectivity index (χ4v) is 0. The molecular formula is C5KMoN5. The molecule has 0 amide bonds. The van der Waals surface area contributed by atoms with Crippen molar-refractivity contribution >= 4 is 0 Å². The maximum absolute atomic E-state index is 6.25. The summed E-state index contributed by atoms with van der Waals surface area (Å²) in [5.74, 6) is 0. The standard InChI is InChI=1S/5CN.K.Mo/c5*1-2;;/q5*-1;+1;+4. The second-order valence-corrected chi connectivity index (χ2v) is 0. The molecular weight excluding hydrogens is 265 g/mol. The number of nitrogens with zero attached hydrogens (tertiary/aromatic N) is 5. The summed E-state index contributed by atoms with van der Waals surface area (Å²) in [6.07, 6.45) is 0. The number of hydrogen-bond acceptors (Lipinski definition) is 5. The van der Waals surface area contributed by atoms with Crippen LogP contribution in [0.15, 0.2) is 0 Å². The van der Waals surface area contributed by atoms with E-state index in [4.69, 9.17) is 59.2 Å². The van der Waals surface area contributed by atoms with E-state index in [-0.39, 0.29) is 72.4 Å². The molecule has 0 heterocycles. The molecule has 0 radical (unpaired) electrons. The zero-order valence-electron chi connectivity index (χ0n) is 6.14. The number of hydrogen-bond donors (Lipinski definition) is 0. The van der Waals surface area contributed by atoms with Crippen LogP contribution < -0.4 is 51.4 Å².